The van der Waals surface area contributed by atoms with Gasteiger partial charge in [0, 0.05) is 53.6 Å². The lowest BCUT2D eigenvalue weighted by Gasteiger charge is -2.31. The number of anilines is 1. The SMILES string of the molecule is CCN(CC)c1ccc(-c2csc(C3CCN(C(=O)CSc4ccccc4S(=O)(=O)NC)CC3)n2)cc1. The molecule has 1 aliphatic rings. The highest BCUT2D eigenvalue weighted by atomic mass is 32.2. The van der Waals surface area contributed by atoms with Crippen LogP contribution in [0.3, 0.4) is 0 Å². The molecule has 2 aromatic carbocycles. The highest BCUT2D eigenvalue weighted by Gasteiger charge is 2.26. The molecule has 3 aromatic rings. The number of hydrogen-bond donors (Lipinski definition) is 1. The molecule has 1 aromatic heterocycles. The summed E-state index contributed by atoms with van der Waals surface area (Å²) in [5.74, 6) is 0.603. The third kappa shape index (κ3) is 6.54. The number of nitrogens with zero attached hydrogens (tertiary/aromatic N) is 3. The van der Waals surface area contributed by atoms with E-state index in [1.165, 1.54) is 24.5 Å². The Morgan fingerprint density at radius 1 is 1.11 bits per heavy atom. The van der Waals surface area contributed by atoms with Gasteiger partial charge >= 0.3 is 0 Å². The number of hydrogen-bond acceptors (Lipinski definition) is 7. The lowest BCUT2D eigenvalue weighted by Crippen LogP contribution is -2.38. The van der Waals surface area contributed by atoms with E-state index in [9.17, 15) is 13.2 Å². The monoisotopic (exact) mass is 558 g/mol. The summed E-state index contributed by atoms with van der Waals surface area (Å²) in [6.07, 6.45) is 1.77. The molecule has 4 rings (SSSR count). The minimum atomic E-state index is -3.57. The maximum atomic E-state index is 12.9. The van der Waals surface area contributed by atoms with Gasteiger partial charge in [-0.3, -0.25) is 4.79 Å². The molecule has 0 spiro atoms. The second kappa shape index (κ2) is 12.4. The first kappa shape index (κ1) is 27.6. The first-order valence-corrected chi connectivity index (χ1v) is 15.9. The van der Waals surface area contributed by atoms with Crippen LogP contribution < -0.4 is 9.62 Å². The third-order valence-corrected chi connectivity index (χ3v) is 10.4. The molecule has 0 radical (unpaired) electrons. The summed E-state index contributed by atoms with van der Waals surface area (Å²) in [7, 11) is -2.18. The van der Waals surface area contributed by atoms with Crippen LogP contribution in [0, 0.1) is 0 Å². The highest BCUT2D eigenvalue weighted by molar-refractivity contribution is 8.00. The zero-order valence-electron chi connectivity index (χ0n) is 21.5. The van der Waals surface area contributed by atoms with Gasteiger partial charge in [0.15, 0.2) is 0 Å². The third-order valence-electron chi connectivity index (χ3n) is 6.77. The molecule has 0 saturated carbocycles. The molecule has 2 heterocycles. The Morgan fingerprint density at radius 2 is 1.78 bits per heavy atom. The van der Waals surface area contributed by atoms with Crippen molar-refractivity contribution in [2.45, 2.75) is 42.4 Å². The minimum Gasteiger partial charge on any atom is -0.372 e. The van der Waals surface area contributed by atoms with Gasteiger partial charge in [-0.25, -0.2) is 18.1 Å². The number of thioether (sulfide) groups is 1. The summed E-state index contributed by atoms with van der Waals surface area (Å²) in [6, 6.07) is 15.4. The molecule has 1 aliphatic heterocycles. The second-order valence-electron chi connectivity index (χ2n) is 8.89. The number of carbonyl (C=O) groups is 1. The van der Waals surface area contributed by atoms with Crippen molar-refractivity contribution in [1.82, 2.24) is 14.6 Å². The van der Waals surface area contributed by atoms with Gasteiger partial charge in [0.25, 0.3) is 0 Å². The molecule has 7 nitrogen and oxygen atoms in total. The largest absolute Gasteiger partial charge is 0.372 e. The summed E-state index contributed by atoms with van der Waals surface area (Å²) in [4.78, 5) is 22.8. The van der Waals surface area contributed by atoms with E-state index in [4.69, 9.17) is 4.98 Å². The Morgan fingerprint density at radius 3 is 2.43 bits per heavy atom. The average molecular weight is 559 g/mol. The summed E-state index contributed by atoms with van der Waals surface area (Å²) in [6.45, 7) is 7.68. The van der Waals surface area contributed by atoms with Crippen LogP contribution in [-0.2, 0) is 14.8 Å². The molecule has 0 bridgehead atoms. The van der Waals surface area contributed by atoms with Crippen LogP contribution in [0.15, 0.2) is 63.7 Å². The van der Waals surface area contributed by atoms with E-state index in [2.05, 4.69) is 53.1 Å². The van der Waals surface area contributed by atoms with Crippen LogP contribution in [-0.4, -0.2) is 63.2 Å². The molecule has 10 heteroatoms. The zero-order valence-corrected chi connectivity index (χ0v) is 24.0. The van der Waals surface area contributed by atoms with Gasteiger partial charge in [-0.1, -0.05) is 24.3 Å². The van der Waals surface area contributed by atoms with Crippen molar-refractivity contribution in [2.24, 2.45) is 0 Å². The number of amides is 1. The Labute approximate surface area is 228 Å². The molecular weight excluding hydrogens is 525 g/mol. The van der Waals surface area contributed by atoms with Crippen LogP contribution in [0.5, 0.6) is 0 Å². The van der Waals surface area contributed by atoms with E-state index in [-0.39, 0.29) is 16.6 Å². The number of benzene rings is 2. The van der Waals surface area contributed by atoms with Gasteiger partial charge < -0.3 is 9.80 Å². The van der Waals surface area contributed by atoms with Gasteiger partial charge in [-0.15, -0.1) is 23.1 Å². The van der Waals surface area contributed by atoms with Crippen molar-refractivity contribution < 1.29 is 13.2 Å². The number of sulfonamides is 1. The number of rotatable bonds is 10. The minimum absolute atomic E-state index is 0.0354. The van der Waals surface area contributed by atoms with Crippen molar-refractivity contribution >= 4 is 44.7 Å². The number of nitrogens with one attached hydrogen (secondary N) is 1. The van der Waals surface area contributed by atoms with Gasteiger partial charge in [0.05, 0.1) is 21.3 Å². The van der Waals surface area contributed by atoms with E-state index in [0.717, 1.165) is 42.2 Å². The Kier molecular flexibility index (Phi) is 9.28. The summed E-state index contributed by atoms with van der Waals surface area (Å²) in [5.41, 5.74) is 3.37. The topological polar surface area (TPSA) is 82.6 Å². The molecule has 0 atom stereocenters. The lowest BCUT2D eigenvalue weighted by atomic mass is 9.97. The molecule has 1 saturated heterocycles. The molecular formula is C27H34N4O3S3. The van der Waals surface area contributed by atoms with Gasteiger partial charge in [-0.05, 0) is 58.0 Å². The lowest BCUT2D eigenvalue weighted by molar-refractivity contribution is -0.129. The summed E-state index contributed by atoms with van der Waals surface area (Å²) in [5, 5.41) is 3.27. The zero-order chi connectivity index (χ0) is 26.4. The fourth-order valence-corrected chi connectivity index (χ4v) is 7.71. The van der Waals surface area contributed by atoms with Crippen molar-refractivity contribution in [3.63, 3.8) is 0 Å². The first-order chi connectivity index (χ1) is 17.9. The van der Waals surface area contributed by atoms with Gasteiger partial charge in [0.2, 0.25) is 15.9 Å². The van der Waals surface area contributed by atoms with Crippen molar-refractivity contribution in [3.05, 3.63) is 58.9 Å². The van der Waals surface area contributed by atoms with Gasteiger partial charge in [0.1, 0.15) is 0 Å². The smallest absolute Gasteiger partial charge is 0.241 e. The second-order valence-corrected chi connectivity index (χ2v) is 12.6. The number of likely N-dealkylation sites (tertiary alicyclic amines) is 1. The predicted octanol–water partition coefficient (Wildman–Crippen LogP) is 5.06. The standard InChI is InChI=1S/C27H34N4O3S3/c1-4-30(5-2)22-12-10-20(11-13-22)23-18-36-27(29-23)21-14-16-31(17-15-21)26(32)19-35-24-8-6-7-9-25(24)37(33,34)28-3/h6-13,18,21,28H,4-5,14-17,19H2,1-3H3. The van der Waals surface area contributed by atoms with E-state index < -0.39 is 10.0 Å². The molecule has 0 aliphatic carbocycles. The Balaban J connectivity index is 1.32. The molecule has 1 fully saturated rings. The van der Waals surface area contributed by atoms with Crippen molar-refractivity contribution in [1.29, 1.82) is 0 Å². The number of carbonyl (C=O) groups excluding carboxylic acids is 1. The normalized spacial score (nSPS) is 14.6. The predicted molar refractivity (Wildman–Crippen MR) is 153 cm³/mol. The Bertz CT molecular complexity index is 1300. The van der Waals surface area contributed by atoms with Crippen LogP contribution in [0.25, 0.3) is 11.3 Å². The van der Waals surface area contributed by atoms with Crippen LogP contribution in [0.2, 0.25) is 0 Å². The molecule has 0 unspecified atom stereocenters. The fraction of sp³-hybridized carbons (Fsp3) is 0.407. The number of piperidine rings is 1. The highest BCUT2D eigenvalue weighted by Crippen LogP contribution is 2.34. The molecule has 1 amide bonds. The van der Waals surface area contributed by atoms with Gasteiger partial charge in [-0.2, -0.15) is 0 Å². The van der Waals surface area contributed by atoms with Crippen molar-refractivity contribution in [3.8, 4) is 11.3 Å². The Hall–Kier alpha value is -2.40. The summed E-state index contributed by atoms with van der Waals surface area (Å²) >= 11 is 2.97. The van der Waals surface area contributed by atoms with E-state index in [1.54, 1.807) is 35.6 Å². The summed E-state index contributed by atoms with van der Waals surface area (Å²) < 4.78 is 26.9. The van der Waals surface area contributed by atoms with Crippen LogP contribution in [0.4, 0.5) is 5.69 Å². The number of thiazole rings is 1. The molecule has 198 valence electrons. The van der Waals surface area contributed by atoms with E-state index in [0.29, 0.717) is 23.9 Å². The average Bonchev–Trinajstić information content (AvgIpc) is 3.43. The van der Waals surface area contributed by atoms with E-state index >= 15 is 0 Å². The maximum Gasteiger partial charge on any atom is 0.241 e. The number of aromatic nitrogens is 1. The molecule has 1 N–H and O–H groups in total. The fourth-order valence-electron chi connectivity index (χ4n) is 4.55. The quantitative estimate of drug-likeness (QED) is 0.350. The van der Waals surface area contributed by atoms with Crippen molar-refractivity contribution in [2.75, 3.05) is 43.9 Å². The first-order valence-electron chi connectivity index (χ1n) is 12.6. The maximum absolute atomic E-state index is 12.9. The van der Waals surface area contributed by atoms with Crippen LogP contribution >= 0.6 is 23.1 Å². The van der Waals surface area contributed by atoms with Crippen LogP contribution in [0.1, 0.15) is 37.6 Å². The van der Waals surface area contributed by atoms with E-state index in [1.807, 2.05) is 4.90 Å². The molecule has 37 heavy (non-hydrogen) atoms.